The number of amides is 1. The molecule has 3 rings (SSSR count). The van der Waals surface area contributed by atoms with Crippen molar-refractivity contribution in [1.82, 2.24) is 19.9 Å². The summed E-state index contributed by atoms with van der Waals surface area (Å²) in [4.78, 5) is 12.3. The first kappa shape index (κ1) is 14.6. The Balaban J connectivity index is 1.86. The fourth-order valence-electron chi connectivity index (χ4n) is 2.17. The van der Waals surface area contributed by atoms with Crippen molar-refractivity contribution in [3.05, 3.63) is 64.3 Å². The molecule has 0 radical (unpaired) electrons. The molecule has 7 heteroatoms. The Hall–Kier alpha value is -2.28. The van der Waals surface area contributed by atoms with Crippen LogP contribution in [0.3, 0.4) is 0 Å². The average Bonchev–Trinajstić information content (AvgIpc) is 2.93. The maximum Gasteiger partial charge on any atom is 0.253 e. The standard InChI is InChI=1S/C15H12BrFN4O/c1-9(14-20-19-13-4-2-3-7-21(13)14)18-15(22)11-8-10(17)5-6-12(11)16/h2-9H,1H3,(H,18,22). The molecule has 0 bridgehead atoms. The second-order valence-electron chi connectivity index (χ2n) is 4.81. The van der Waals surface area contributed by atoms with Gasteiger partial charge in [-0.25, -0.2) is 4.39 Å². The predicted octanol–water partition coefficient (Wildman–Crippen LogP) is 3.12. The number of halogens is 2. The predicted molar refractivity (Wildman–Crippen MR) is 83.0 cm³/mol. The molecule has 0 aliphatic heterocycles. The number of aromatic nitrogens is 3. The van der Waals surface area contributed by atoms with E-state index >= 15 is 0 Å². The van der Waals surface area contributed by atoms with Crippen LogP contribution in [0, 0.1) is 5.82 Å². The molecule has 0 spiro atoms. The van der Waals surface area contributed by atoms with Crippen molar-refractivity contribution in [2.45, 2.75) is 13.0 Å². The molecular weight excluding hydrogens is 351 g/mol. The van der Waals surface area contributed by atoms with E-state index in [0.717, 1.165) is 0 Å². The highest BCUT2D eigenvalue weighted by Gasteiger charge is 2.18. The van der Waals surface area contributed by atoms with Gasteiger partial charge in [0.05, 0.1) is 11.6 Å². The Morgan fingerprint density at radius 1 is 1.32 bits per heavy atom. The summed E-state index contributed by atoms with van der Waals surface area (Å²) in [6, 6.07) is 9.15. The van der Waals surface area contributed by atoms with Crippen molar-refractivity contribution in [1.29, 1.82) is 0 Å². The van der Waals surface area contributed by atoms with Crippen LogP contribution in [0.15, 0.2) is 47.1 Å². The van der Waals surface area contributed by atoms with E-state index in [0.29, 0.717) is 15.9 Å². The van der Waals surface area contributed by atoms with Crippen LogP contribution in [-0.2, 0) is 0 Å². The zero-order valence-corrected chi connectivity index (χ0v) is 13.2. The molecule has 112 valence electrons. The van der Waals surface area contributed by atoms with Crippen LogP contribution < -0.4 is 5.32 Å². The first-order chi connectivity index (χ1) is 10.6. The first-order valence-corrected chi connectivity index (χ1v) is 7.41. The van der Waals surface area contributed by atoms with E-state index in [-0.39, 0.29) is 17.5 Å². The number of nitrogens with zero attached hydrogens (tertiary/aromatic N) is 3. The Labute approximate surface area is 134 Å². The van der Waals surface area contributed by atoms with E-state index in [1.807, 2.05) is 24.4 Å². The number of benzene rings is 1. The lowest BCUT2D eigenvalue weighted by molar-refractivity contribution is 0.0937. The lowest BCUT2D eigenvalue weighted by atomic mass is 10.2. The molecule has 1 aromatic carbocycles. The van der Waals surface area contributed by atoms with E-state index in [9.17, 15) is 9.18 Å². The Kier molecular flexibility index (Phi) is 3.89. The van der Waals surface area contributed by atoms with Crippen molar-refractivity contribution in [2.75, 3.05) is 0 Å². The van der Waals surface area contributed by atoms with Gasteiger partial charge in [0.1, 0.15) is 5.82 Å². The molecule has 0 saturated heterocycles. The van der Waals surface area contributed by atoms with Gasteiger partial charge in [-0.1, -0.05) is 6.07 Å². The minimum absolute atomic E-state index is 0.237. The van der Waals surface area contributed by atoms with E-state index in [1.54, 1.807) is 11.3 Å². The van der Waals surface area contributed by atoms with Crippen molar-refractivity contribution in [3.63, 3.8) is 0 Å². The molecule has 0 aliphatic rings. The van der Waals surface area contributed by atoms with Gasteiger partial charge in [0.15, 0.2) is 11.5 Å². The summed E-state index contributed by atoms with van der Waals surface area (Å²) < 4.78 is 15.6. The van der Waals surface area contributed by atoms with Crippen LogP contribution in [0.2, 0.25) is 0 Å². The summed E-state index contributed by atoms with van der Waals surface area (Å²) in [6.45, 7) is 1.80. The van der Waals surface area contributed by atoms with Crippen LogP contribution in [0.4, 0.5) is 4.39 Å². The normalized spacial score (nSPS) is 12.3. The SMILES string of the molecule is CC(NC(=O)c1cc(F)ccc1Br)c1nnc2ccccn12. The van der Waals surface area contributed by atoms with Crippen LogP contribution in [0.5, 0.6) is 0 Å². The molecule has 3 aromatic rings. The van der Waals surface area contributed by atoms with E-state index < -0.39 is 5.82 Å². The van der Waals surface area contributed by atoms with Crippen molar-refractivity contribution < 1.29 is 9.18 Å². The molecule has 1 N–H and O–H groups in total. The number of hydrogen-bond donors (Lipinski definition) is 1. The van der Waals surface area contributed by atoms with Gasteiger partial charge >= 0.3 is 0 Å². The largest absolute Gasteiger partial charge is 0.342 e. The fourth-order valence-corrected chi connectivity index (χ4v) is 2.59. The molecule has 1 unspecified atom stereocenters. The van der Waals surface area contributed by atoms with Crippen molar-refractivity contribution in [2.24, 2.45) is 0 Å². The molecule has 0 fully saturated rings. The summed E-state index contributed by atoms with van der Waals surface area (Å²) in [5, 5.41) is 10.9. The van der Waals surface area contributed by atoms with Crippen LogP contribution in [0.1, 0.15) is 29.1 Å². The van der Waals surface area contributed by atoms with Gasteiger partial charge in [0, 0.05) is 10.7 Å². The van der Waals surface area contributed by atoms with Gasteiger partial charge in [-0.2, -0.15) is 0 Å². The second-order valence-corrected chi connectivity index (χ2v) is 5.66. The van der Waals surface area contributed by atoms with Crippen LogP contribution >= 0.6 is 15.9 Å². The number of carbonyl (C=O) groups is 1. The highest BCUT2D eigenvalue weighted by molar-refractivity contribution is 9.10. The highest BCUT2D eigenvalue weighted by Crippen LogP contribution is 2.19. The fraction of sp³-hybridized carbons (Fsp3) is 0.133. The number of nitrogens with one attached hydrogen (secondary N) is 1. The number of rotatable bonds is 3. The summed E-state index contributed by atoms with van der Waals surface area (Å²) in [6.07, 6.45) is 1.82. The smallest absolute Gasteiger partial charge is 0.253 e. The van der Waals surface area contributed by atoms with Gasteiger partial charge in [-0.3, -0.25) is 9.20 Å². The van der Waals surface area contributed by atoms with E-state index in [4.69, 9.17) is 0 Å². The maximum atomic E-state index is 13.3. The third-order valence-electron chi connectivity index (χ3n) is 3.25. The van der Waals surface area contributed by atoms with E-state index in [1.165, 1.54) is 18.2 Å². The Bertz CT molecular complexity index is 848. The summed E-state index contributed by atoms with van der Waals surface area (Å²) in [5.74, 6) is -0.239. The molecule has 2 aromatic heterocycles. The van der Waals surface area contributed by atoms with Gasteiger partial charge in [-0.15, -0.1) is 10.2 Å². The first-order valence-electron chi connectivity index (χ1n) is 6.62. The zero-order chi connectivity index (χ0) is 15.7. The number of hydrogen-bond acceptors (Lipinski definition) is 3. The quantitative estimate of drug-likeness (QED) is 0.778. The minimum atomic E-state index is -0.464. The van der Waals surface area contributed by atoms with Gasteiger partial charge < -0.3 is 5.32 Å². The minimum Gasteiger partial charge on any atom is -0.342 e. The van der Waals surface area contributed by atoms with E-state index in [2.05, 4.69) is 31.4 Å². The Morgan fingerprint density at radius 2 is 2.14 bits per heavy atom. The topological polar surface area (TPSA) is 59.3 Å². The molecule has 0 saturated carbocycles. The van der Waals surface area contributed by atoms with Gasteiger partial charge in [0.2, 0.25) is 0 Å². The van der Waals surface area contributed by atoms with Crippen LogP contribution in [0.25, 0.3) is 5.65 Å². The third-order valence-corrected chi connectivity index (χ3v) is 3.94. The summed E-state index contributed by atoms with van der Waals surface area (Å²) in [5.41, 5.74) is 0.936. The van der Waals surface area contributed by atoms with Crippen LogP contribution in [-0.4, -0.2) is 20.5 Å². The third kappa shape index (κ3) is 2.71. The Morgan fingerprint density at radius 3 is 2.95 bits per heavy atom. The van der Waals surface area contributed by atoms with Crippen molar-refractivity contribution in [3.8, 4) is 0 Å². The summed E-state index contributed by atoms with van der Waals surface area (Å²) in [7, 11) is 0. The van der Waals surface area contributed by atoms with Gasteiger partial charge in [0.25, 0.3) is 5.91 Å². The zero-order valence-electron chi connectivity index (χ0n) is 11.6. The summed E-state index contributed by atoms with van der Waals surface area (Å²) >= 11 is 3.25. The second kappa shape index (κ2) is 5.84. The maximum absolute atomic E-state index is 13.3. The molecular formula is C15H12BrFN4O. The number of fused-ring (bicyclic) bond motifs is 1. The molecule has 5 nitrogen and oxygen atoms in total. The molecule has 1 amide bonds. The molecule has 1 atom stereocenters. The number of pyridine rings is 1. The molecule has 22 heavy (non-hydrogen) atoms. The average molecular weight is 363 g/mol. The monoisotopic (exact) mass is 362 g/mol. The lowest BCUT2D eigenvalue weighted by Crippen LogP contribution is -2.28. The lowest BCUT2D eigenvalue weighted by Gasteiger charge is -2.13. The van der Waals surface area contributed by atoms with Crippen molar-refractivity contribution >= 4 is 27.5 Å². The number of carbonyl (C=O) groups excluding carboxylic acids is 1. The molecule has 0 aliphatic carbocycles. The molecule has 2 heterocycles. The highest BCUT2D eigenvalue weighted by atomic mass is 79.9. The van der Waals surface area contributed by atoms with Gasteiger partial charge in [-0.05, 0) is 53.2 Å².